The van der Waals surface area contributed by atoms with Crippen molar-refractivity contribution in [3.63, 3.8) is 0 Å². The molecule has 5 heteroatoms. The first kappa shape index (κ1) is 13.8. The second-order valence-corrected chi connectivity index (χ2v) is 5.05. The molecule has 0 bridgehead atoms. The van der Waals surface area contributed by atoms with Crippen molar-refractivity contribution in [2.45, 2.75) is 12.1 Å². The number of methoxy groups -OCH3 is 1. The largest absolute Gasteiger partial charge is 0.496 e. The van der Waals surface area contributed by atoms with Gasteiger partial charge in [0.25, 0.3) is 0 Å². The molecule has 1 fully saturated rings. The maximum Gasteiger partial charge on any atom is 0.123 e. The van der Waals surface area contributed by atoms with Crippen LogP contribution in [0, 0.1) is 0 Å². The van der Waals surface area contributed by atoms with Crippen LogP contribution in [-0.4, -0.2) is 40.1 Å². The van der Waals surface area contributed by atoms with Crippen molar-refractivity contribution in [1.82, 2.24) is 5.32 Å². The number of likely N-dealkylation sites (N-methyl/N-ethyl adjacent to an activating group) is 1. The van der Waals surface area contributed by atoms with E-state index < -0.39 is 0 Å². The maximum atomic E-state index is 5.77. The van der Waals surface area contributed by atoms with Gasteiger partial charge in [0.1, 0.15) is 11.9 Å². The number of hydrogen-bond donors (Lipinski definition) is 1. The summed E-state index contributed by atoms with van der Waals surface area (Å²) in [7, 11) is 3.60. The minimum Gasteiger partial charge on any atom is -0.496 e. The molecule has 2 atom stereocenters. The van der Waals surface area contributed by atoms with Gasteiger partial charge in [-0.05, 0) is 25.2 Å². The molecule has 18 heavy (non-hydrogen) atoms. The van der Waals surface area contributed by atoms with Gasteiger partial charge in [0, 0.05) is 10.0 Å². The Hall–Kier alpha value is -0.620. The van der Waals surface area contributed by atoms with E-state index in [1.807, 2.05) is 19.2 Å². The molecule has 0 aliphatic carbocycles. The molecule has 2 rings (SSSR count). The zero-order valence-electron chi connectivity index (χ0n) is 10.6. The van der Waals surface area contributed by atoms with Gasteiger partial charge >= 0.3 is 0 Å². The fourth-order valence-electron chi connectivity index (χ4n) is 2.19. The minimum atomic E-state index is 0.00644. The van der Waals surface area contributed by atoms with Crippen molar-refractivity contribution in [2.75, 3.05) is 34.0 Å². The van der Waals surface area contributed by atoms with E-state index in [1.54, 1.807) is 7.11 Å². The fraction of sp³-hybridized carbons (Fsp3) is 0.538. The third kappa shape index (κ3) is 3.03. The Bertz CT molecular complexity index is 394. The third-order valence-electron chi connectivity index (χ3n) is 3.05. The predicted molar refractivity (Wildman–Crippen MR) is 73.1 cm³/mol. The van der Waals surface area contributed by atoms with Crippen molar-refractivity contribution >= 4 is 15.9 Å². The predicted octanol–water partition coefficient (Wildman–Crippen LogP) is 2.13. The summed E-state index contributed by atoms with van der Waals surface area (Å²) < 4.78 is 17.7. The van der Waals surface area contributed by atoms with E-state index in [4.69, 9.17) is 14.2 Å². The maximum absolute atomic E-state index is 5.77. The Balaban J connectivity index is 2.27. The number of halogens is 1. The average Bonchev–Trinajstić information content (AvgIpc) is 2.41. The molecule has 4 nitrogen and oxygen atoms in total. The summed E-state index contributed by atoms with van der Waals surface area (Å²) in [5.74, 6) is 0.853. The zero-order valence-corrected chi connectivity index (χ0v) is 12.2. The molecule has 0 saturated carbocycles. The highest BCUT2D eigenvalue weighted by Gasteiger charge is 2.27. The van der Waals surface area contributed by atoms with E-state index in [0.29, 0.717) is 19.8 Å². The van der Waals surface area contributed by atoms with E-state index >= 15 is 0 Å². The number of benzene rings is 1. The van der Waals surface area contributed by atoms with E-state index in [-0.39, 0.29) is 12.1 Å². The van der Waals surface area contributed by atoms with E-state index in [0.717, 1.165) is 15.8 Å². The van der Waals surface area contributed by atoms with Crippen LogP contribution in [0.4, 0.5) is 0 Å². The highest BCUT2D eigenvalue weighted by atomic mass is 79.9. The molecule has 0 amide bonds. The highest BCUT2D eigenvalue weighted by molar-refractivity contribution is 9.10. The number of ether oxygens (including phenoxy) is 3. The van der Waals surface area contributed by atoms with Crippen LogP contribution in [0.5, 0.6) is 5.75 Å². The summed E-state index contributed by atoms with van der Waals surface area (Å²) in [5, 5.41) is 3.28. The van der Waals surface area contributed by atoms with Crippen LogP contribution in [0.2, 0.25) is 0 Å². The molecule has 2 unspecified atom stereocenters. The molecule has 1 saturated heterocycles. The first-order valence-electron chi connectivity index (χ1n) is 5.96. The molecular formula is C13H18BrNO3. The molecule has 0 radical (unpaired) electrons. The molecule has 1 aliphatic rings. The van der Waals surface area contributed by atoms with Crippen molar-refractivity contribution < 1.29 is 14.2 Å². The summed E-state index contributed by atoms with van der Waals surface area (Å²) in [6.45, 7) is 1.91. The quantitative estimate of drug-likeness (QED) is 0.924. The van der Waals surface area contributed by atoms with Gasteiger partial charge in [0.2, 0.25) is 0 Å². The van der Waals surface area contributed by atoms with Gasteiger partial charge in [-0.15, -0.1) is 0 Å². The van der Waals surface area contributed by atoms with Crippen LogP contribution in [-0.2, 0) is 9.47 Å². The molecule has 1 aliphatic heterocycles. The van der Waals surface area contributed by atoms with Crippen LogP contribution in [0.3, 0.4) is 0 Å². The van der Waals surface area contributed by atoms with Crippen molar-refractivity contribution in [3.8, 4) is 5.75 Å². The second kappa shape index (κ2) is 6.52. The molecule has 100 valence electrons. The normalized spacial score (nSPS) is 21.6. The Morgan fingerprint density at radius 3 is 2.89 bits per heavy atom. The fourth-order valence-corrected chi connectivity index (χ4v) is 2.57. The van der Waals surface area contributed by atoms with Crippen molar-refractivity contribution in [2.24, 2.45) is 0 Å². The third-order valence-corrected chi connectivity index (χ3v) is 3.54. The van der Waals surface area contributed by atoms with Crippen LogP contribution >= 0.6 is 15.9 Å². The number of nitrogens with one attached hydrogen (secondary N) is 1. The summed E-state index contributed by atoms with van der Waals surface area (Å²) in [4.78, 5) is 0. The summed E-state index contributed by atoms with van der Waals surface area (Å²) >= 11 is 3.49. The number of hydrogen-bond acceptors (Lipinski definition) is 4. The van der Waals surface area contributed by atoms with Gasteiger partial charge in [-0.25, -0.2) is 0 Å². The van der Waals surface area contributed by atoms with Crippen LogP contribution < -0.4 is 10.1 Å². The molecule has 0 aromatic heterocycles. The van der Waals surface area contributed by atoms with Crippen LogP contribution in [0.1, 0.15) is 11.6 Å². The SMILES string of the molecule is CNC(c1cc(Br)ccc1OC)C1COCCO1. The van der Waals surface area contributed by atoms with Gasteiger partial charge in [-0.1, -0.05) is 15.9 Å². The molecule has 1 aromatic carbocycles. The Kier molecular flexibility index (Phi) is 5.00. The van der Waals surface area contributed by atoms with Gasteiger partial charge in [-0.3, -0.25) is 0 Å². The van der Waals surface area contributed by atoms with Crippen molar-refractivity contribution in [3.05, 3.63) is 28.2 Å². The molecule has 0 spiro atoms. The number of rotatable bonds is 4. The monoisotopic (exact) mass is 315 g/mol. The highest BCUT2D eigenvalue weighted by Crippen LogP contribution is 2.31. The minimum absolute atomic E-state index is 0.00644. The van der Waals surface area contributed by atoms with Gasteiger partial charge < -0.3 is 19.5 Å². The lowest BCUT2D eigenvalue weighted by molar-refractivity contribution is -0.101. The molecule has 1 heterocycles. The molecule has 1 aromatic rings. The Morgan fingerprint density at radius 2 is 2.28 bits per heavy atom. The van der Waals surface area contributed by atoms with Crippen LogP contribution in [0.25, 0.3) is 0 Å². The second-order valence-electron chi connectivity index (χ2n) is 4.14. The first-order valence-corrected chi connectivity index (χ1v) is 6.75. The molecular weight excluding hydrogens is 298 g/mol. The first-order chi connectivity index (χ1) is 8.76. The lowest BCUT2D eigenvalue weighted by atomic mass is 10.0. The zero-order chi connectivity index (χ0) is 13.0. The van der Waals surface area contributed by atoms with Gasteiger partial charge in [0.05, 0.1) is 33.0 Å². The Morgan fingerprint density at radius 1 is 1.44 bits per heavy atom. The van der Waals surface area contributed by atoms with Gasteiger partial charge in [0.15, 0.2) is 0 Å². The smallest absolute Gasteiger partial charge is 0.123 e. The summed E-state index contributed by atoms with van der Waals surface area (Å²) in [6.07, 6.45) is 0.00644. The van der Waals surface area contributed by atoms with E-state index in [1.165, 1.54) is 0 Å². The van der Waals surface area contributed by atoms with E-state index in [2.05, 4.69) is 27.3 Å². The summed E-state index contributed by atoms with van der Waals surface area (Å²) in [5.41, 5.74) is 1.07. The van der Waals surface area contributed by atoms with Crippen molar-refractivity contribution in [1.29, 1.82) is 0 Å². The topological polar surface area (TPSA) is 39.7 Å². The van der Waals surface area contributed by atoms with Gasteiger partial charge in [-0.2, -0.15) is 0 Å². The average molecular weight is 316 g/mol. The Labute approximate surface area is 116 Å². The van der Waals surface area contributed by atoms with E-state index in [9.17, 15) is 0 Å². The molecule has 1 N–H and O–H groups in total. The van der Waals surface area contributed by atoms with Crippen LogP contribution in [0.15, 0.2) is 22.7 Å². The lowest BCUT2D eigenvalue weighted by Gasteiger charge is -2.31. The summed E-state index contributed by atoms with van der Waals surface area (Å²) in [6, 6.07) is 6.02. The standard InChI is InChI=1S/C13H18BrNO3/c1-15-13(12-8-17-5-6-18-12)10-7-9(14)3-4-11(10)16-2/h3-4,7,12-13,15H,5-6,8H2,1-2H3. The lowest BCUT2D eigenvalue weighted by Crippen LogP contribution is -2.39.